The summed E-state index contributed by atoms with van der Waals surface area (Å²) in [5.74, 6) is -2.98. The first-order valence-electron chi connectivity index (χ1n) is 5.98. The van der Waals surface area contributed by atoms with Crippen LogP contribution in [0.1, 0.15) is 9.67 Å². The molecule has 22 heavy (non-hydrogen) atoms. The first-order valence-corrected chi connectivity index (χ1v) is 7.56. The van der Waals surface area contributed by atoms with Gasteiger partial charge in [0.05, 0.1) is 5.02 Å². The average molecular weight is 359 g/mol. The Morgan fingerprint density at radius 3 is 2.50 bits per heavy atom. The molecular formula is C15H6Cl2F2O2S. The number of benzene rings is 2. The molecule has 0 saturated heterocycles. The molecule has 1 heterocycles. The van der Waals surface area contributed by atoms with E-state index >= 15 is 0 Å². The smallest absolute Gasteiger partial charge is 0.346 e. The van der Waals surface area contributed by atoms with Crippen molar-refractivity contribution in [3.8, 4) is 11.1 Å². The Kier molecular flexibility index (Phi) is 3.80. The van der Waals surface area contributed by atoms with E-state index in [0.717, 1.165) is 17.4 Å². The van der Waals surface area contributed by atoms with Crippen LogP contribution >= 0.6 is 34.5 Å². The van der Waals surface area contributed by atoms with Gasteiger partial charge in [0.1, 0.15) is 16.5 Å². The van der Waals surface area contributed by atoms with Crippen LogP contribution < -0.4 is 0 Å². The van der Waals surface area contributed by atoms with Gasteiger partial charge in [-0.25, -0.2) is 13.6 Å². The van der Waals surface area contributed by atoms with Gasteiger partial charge in [0.2, 0.25) is 0 Å². The van der Waals surface area contributed by atoms with Crippen molar-refractivity contribution in [2.75, 3.05) is 0 Å². The van der Waals surface area contributed by atoms with E-state index in [-0.39, 0.29) is 21.0 Å². The molecule has 0 aliphatic rings. The fourth-order valence-corrected chi connectivity index (χ4v) is 3.70. The highest BCUT2D eigenvalue weighted by Crippen LogP contribution is 2.41. The molecular weight excluding hydrogens is 353 g/mol. The number of carboxylic acids is 1. The van der Waals surface area contributed by atoms with E-state index < -0.39 is 17.6 Å². The zero-order valence-corrected chi connectivity index (χ0v) is 13.0. The van der Waals surface area contributed by atoms with Crippen molar-refractivity contribution in [2.24, 2.45) is 0 Å². The molecule has 0 saturated carbocycles. The molecule has 0 amide bonds. The van der Waals surface area contributed by atoms with E-state index in [9.17, 15) is 18.7 Å². The minimum atomic E-state index is -1.20. The second-order valence-electron chi connectivity index (χ2n) is 4.50. The lowest BCUT2D eigenvalue weighted by molar-refractivity contribution is 0.0703. The van der Waals surface area contributed by atoms with Crippen LogP contribution in [0.3, 0.4) is 0 Å². The molecule has 1 N–H and O–H groups in total. The van der Waals surface area contributed by atoms with Crippen molar-refractivity contribution in [3.05, 3.63) is 56.9 Å². The molecule has 0 aliphatic carbocycles. The molecule has 2 aromatic carbocycles. The second kappa shape index (κ2) is 5.50. The zero-order valence-electron chi connectivity index (χ0n) is 10.7. The van der Waals surface area contributed by atoms with Gasteiger partial charge in [-0.1, -0.05) is 29.3 Å². The maximum atomic E-state index is 14.1. The Bertz CT molecular complexity index is 922. The van der Waals surface area contributed by atoms with Crippen LogP contribution in [0.25, 0.3) is 21.2 Å². The summed E-state index contributed by atoms with van der Waals surface area (Å²) in [5, 5.41) is 10.0. The summed E-state index contributed by atoms with van der Waals surface area (Å²) in [7, 11) is 0. The van der Waals surface area contributed by atoms with Crippen molar-refractivity contribution < 1.29 is 18.7 Å². The van der Waals surface area contributed by atoms with E-state index in [1.54, 1.807) is 18.2 Å². The lowest BCUT2D eigenvalue weighted by Crippen LogP contribution is -1.97. The van der Waals surface area contributed by atoms with Gasteiger partial charge >= 0.3 is 5.97 Å². The number of hydrogen-bond donors (Lipinski definition) is 1. The third kappa shape index (κ3) is 2.45. The van der Waals surface area contributed by atoms with Crippen molar-refractivity contribution >= 4 is 50.6 Å². The number of aromatic carboxylic acids is 1. The standard InChI is InChI=1S/C15H6Cl2F2O2S/c16-6-1-2-7-12(3-6)22-14(15(20)21)13(7)8-4-9(17)11(19)5-10(8)18/h1-5H,(H,20,21). The minimum Gasteiger partial charge on any atom is -0.477 e. The monoisotopic (exact) mass is 358 g/mol. The summed E-state index contributed by atoms with van der Waals surface area (Å²) in [4.78, 5) is 11.4. The molecule has 1 aromatic heterocycles. The number of fused-ring (bicyclic) bond motifs is 1. The average Bonchev–Trinajstić information content (AvgIpc) is 2.81. The van der Waals surface area contributed by atoms with Gasteiger partial charge < -0.3 is 5.11 Å². The molecule has 112 valence electrons. The summed E-state index contributed by atoms with van der Waals surface area (Å²) in [6.07, 6.45) is 0. The number of carbonyl (C=O) groups is 1. The van der Waals surface area contributed by atoms with E-state index in [4.69, 9.17) is 23.2 Å². The van der Waals surface area contributed by atoms with Crippen LogP contribution in [0.2, 0.25) is 10.0 Å². The first-order chi connectivity index (χ1) is 10.4. The summed E-state index contributed by atoms with van der Waals surface area (Å²) in [6, 6.07) is 6.51. The number of carboxylic acid groups (broad SMARTS) is 1. The molecule has 0 spiro atoms. The van der Waals surface area contributed by atoms with Crippen LogP contribution in [0, 0.1) is 11.6 Å². The van der Waals surface area contributed by atoms with E-state index in [2.05, 4.69) is 0 Å². The molecule has 2 nitrogen and oxygen atoms in total. The summed E-state index contributed by atoms with van der Waals surface area (Å²) in [5.41, 5.74) is 0.112. The quantitative estimate of drug-likeness (QED) is 0.583. The van der Waals surface area contributed by atoms with Crippen molar-refractivity contribution in [2.45, 2.75) is 0 Å². The van der Waals surface area contributed by atoms with E-state index in [1.807, 2.05) is 0 Å². The Balaban J connectivity index is 2.41. The third-order valence-corrected chi connectivity index (χ3v) is 4.79. The van der Waals surface area contributed by atoms with Gasteiger partial charge in [0.15, 0.2) is 0 Å². The maximum absolute atomic E-state index is 14.1. The molecule has 0 radical (unpaired) electrons. The van der Waals surface area contributed by atoms with Gasteiger partial charge in [-0.2, -0.15) is 0 Å². The predicted molar refractivity (Wildman–Crippen MR) is 84.2 cm³/mol. The second-order valence-corrected chi connectivity index (χ2v) is 6.39. The van der Waals surface area contributed by atoms with Crippen molar-refractivity contribution in [1.82, 2.24) is 0 Å². The molecule has 0 unspecified atom stereocenters. The van der Waals surface area contributed by atoms with Crippen LogP contribution in [-0.4, -0.2) is 11.1 Å². The fourth-order valence-electron chi connectivity index (χ4n) is 2.20. The molecule has 0 fully saturated rings. The summed E-state index contributed by atoms with van der Waals surface area (Å²) >= 11 is 12.6. The number of thiophene rings is 1. The van der Waals surface area contributed by atoms with E-state index in [0.29, 0.717) is 21.2 Å². The molecule has 0 bridgehead atoms. The number of halogens is 4. The van der Waals surface area contributed by atoms with Gasteiger partial charge in [-0.3, -0.25) is 0 Å². The molecule has 0 atom stereocenters. The summed E-state index contributed by atoms with van der Waals surface area (Å²) < 4.78 is 28.1. The minimum absolute atomic E-state index is 0.0566. The first kappa shape index (κ1) is 15.2. The van der Waals surface area contributed by atoms with Crippen LogP contribution in [0.4, 0.5) is 8.78 Å². The van der Waals surface area contributed by atoms with Gasteiger partial charge in [-0.05, 0) is 18.2 Å². The topological polar surface area (TPSA) is 37.3 Å². The van der Waals surface area contributed by atoms with Crippen molar-refractivity contribution in [3.63, 3.8) is 0 Å². The fraction of sp³-hybridized carbons (Fsp3) is 0. The highest BCUT2D eigenvalue weighted by atomic mass is 35.5. The summed E-state index contributed by atoms with van der Waals surface area (Å²) in [6.45, 7) is 0. The molecule has 7 heteroatoms. The number of hydrogen-bond acceptors (Lipinski definition) is 2. The number of rotatable bonds is 2. The van der Waals surface area contributed by atoms with Gasteiger partial charge in [-0.15, -0.1) is 11.3 Å². The van der Waals surface area contributed by atoms with Gasteiger partial charge in [0, 0.05) is 32.3 Å². The third-order valence-electron chi connectivity index (χ3n) is 3.13. The lowest BCUT2D eigenvalue weighted by atomic mass is 10.0. The molecule has 3 aromatic rings. The van der Waals surface area contributed by atoms with E-state index in [1.165, 1.54) is 0 Å². The molecule has 0 aliphatic heterocycles. The Labute approximate surface area is 137 Å². The van der Waals surface area contributed by atoms with Crippen LogP contribution in [-0.2, 0) is 0 Å². The Morgan fingerprint density at radius 1 is 1.09 bits per heavy atom. The largest absolute Gasteiger partial charge is 0.477 e. The lowest BCUT2D eigenvalue weighted by Gasteiger charge is -2.06. The SMILES string of the molecule is O=C(O)c1sc2cc(Cl)ccc2c1-c1cc(Cl)c(F)cc1F. The maximum Gasteiger partial charge on any atom is 0.346 e. The Morgan fingerprint density at radius 2 is 1.82 bits per heavy atom. The highest BCUT2D eigenvalue weighted by molar-refractivity contribution is 7.21. The van der Waals surface area contributed by atoms with Crippen molar-refractivity contribution in [1.29, 1.82) is 0 Å². The highest BCUT2D eigenvalue weighted by Gasteiger charge is 2.22. The zero-order chi connectivity index (χ0) is 16.0. The predicted octanol–water partition coefficient (Wildman–Crippen LogP) is 5.85. The molecule has 3 rings (SSSR count). The van der Waals surface area contributed by atoms with Crippen LogP contribution in [0.5, 0.6) is 0 Å². The Hall–Kier alpha value is -1.69. The van der Waals surface area contributed by atoms with Gasteiger partial charge in [0.25, 0.3) is 0 Å². The van der Waals surface area contributed by atoms with Crippen LogP contribution in [0.15, 0.2) is 30.3 Å². The normalized spacial score (nSPS) is 11.1.